The molecular weight excluding hydrogens is 145 g/mol. The molecule has 1 aliphatic rings. The van der Waals surface area contributed by atoms with Crippen LogP contribution in [0.2, 0.25) is 0 Å². The number of nitrogens with zero attached hydrogens (tertiary/aromatic N) is 1. The van der Waals surface area contributed by atoms with Crippen LogP contribution in [0.3, 0.4) is 0 Å². The molecule has 0 unspecified atom stereocenters. The quantitative estimate of drug-likeness (QED) is 0.500. The summed E-state index contributed by atoms with van der Waals surface area (Å²) in [5.74, 6) is -0.824. The van der Waals surface area contributed by atoms with E-state index in [1.165, 1.54) is 12.1 Å². The first-order chi connectivity index (χ1) is 5.27. The van der Waals surface area contributed by atoms with Crippen LogP contribution in [0, 0.1) is 5.82 Å². The molecule has 1 aromatic rings. The Morgan fingerprint density at radius 2 is 2.18 bits per heavy atom. The molecule has 0 saturated heterocycles. The van der Waals surface area contributed by atoms with Crippen molar-refractivity contribution in [3.05, 3.63) is 34.6 Å². The predicted molar refractivity (Wildman–Crippen MR) is 36.7 cm³/mol. The SMILES string of the molecule is O=C1C=c2cccc(F)c2=N1. The van der Waals surface area contributed by atoms with Crippen LogP contribution >= 0.6 is 0 Å². The van der Waals surface area contributed by atoms with E-state index < -0.39 is 5.82 Å². The summed E-state index contributed by atoms with van der Waals surface area (Å²) in [7, 11) is 0. The monoisotopic (exact) mass is 149 g/mol. The molecule has 0 aromatic heterocycles. The van der Waals surface area contributed by atoms with Gasteiger partial charge in [0.2, 0.25) is 0 Å². The highest BCUT2D eigenvalue weighted by Gasteiger charge is 2.05. The van der Waals surface area contributed by atoms with Gasteiger partial charge in [-0.3, -0.25) is 4.79 Å². The van der Waals surface area contributed by atoms with Gasteiger partial charge in [-0.2, -0.15) is 0 Å². The van der Waals surface area contributed by atoms with E-state index in [9.17, 15) is 9.18 Å². The van der Waals surface area contributed by atoms with Crippen molar-refractivity contribution in [1.82, 2.24) is 0 Å². The fourth-order valence-electron chi connectivity index (χ4n) is 1.04. The van der Waals surface area contributed by atoms with Gasteiger partial charge in [-0.15, -0.1) is 0 Å². The minimum Gasteiger partial charge on any atom is -0.267 e. The largest absolute Gasteiger partial charge is 0.271 e. The molecule has 54 valence electrons. The summed E-state index contributed by atoms with van der Waals surface area (Å²) in [4.78, 5) is 14.1. The van der Waals surface area contributed by atoms with Gasteiger partial charge < -0.3 is 0 Å². The molecule has 1 aromatic carbocycles. The standard InChI is InChI=1S/C8H4FNO/c9-6-3-1-2-5-4-7(11)10-8(5)6/h1-4H. The average molecular weight is 149 g/mol. The second-order valence-electron chi connectivity index (χ2n) is 2.27. The van der Waals surface area contributed by atoms with Crippen LogP contribution in [0.4, 0.5) is 4.39 Å². The first kappa shape index (κ1) is 6.22. The number of carbonyl (C=O) groups is 1. The van der Waals surface area contributed by atoms with Crippen LogP contribution in [-0.2, 0) is 4.79 Å². The van der Waals surface area contributed by atoms with Crippen molar-refractivity contribution in [3.8, 4) is 0 Å². The van der Waals surface area contributed by atoms with Crippen molar-refractivity contribution < 1.29 is 9.18 Å². The van der Waals surface area contributed by atoms with E-state index in [2.05, 4.69) is 4.99 Å². The fourth-order valence-corrected chi connectivity index (χ4v) is 1.04. The molecule has 0 fully saturated rings. The highest BCUT2D eigenvalue weighted by Crippen LogP contribution is 1.88. The molecule has 0 radical (unpaired) electrons. The van der Waals surface area contributed by atoms with E-state index in [4.69, 9.17) is 0 Å². The third kappa shape index (κ3) is 0.852. The number of benzene rings is 1. The highest BCUT2D eigenvalue weighted by atomic mass is 19.1. The lowest BCUT2D eigenvalue weighted by Crippen LogP contribution is -2.24. The third-order valence-corrected chi connectivity index (χ3v) is 1.52. The molecule has 0 bridgehead atoms. The van der Waals surface area contributed by atoms with Crippen molar-refractivity contribution in [3.63, 3.8) is 0 Å². The number of fused-ring (bicyclic) bond motifs is 1. The maximum Gasteiger partial charge on any atom is 0.271 e. The Morgan fingerprint density at radius 1 is 1.36 bits per heavy atom. The first-order valence-corrected chi connectivity index (χ1v) is 3.16. The minimum absolute atomic E-state index is 0.164. The molecular formula is C8H4FNO. The van der Waals surface area contributed by atoms with Gasteiger partial charge in [-0.1, -0.05) is 12.1 Å². The van der Waals surface area contributed by atoms with E-state index in [-0.39, 0.29) is 11.3 Å². The molecule has 1 heterocycles. The summed E-state index contributed by atoms with van der Waals surface area (Å²) in [6.45, 7) is 0. The molecule has 0 N–H and O–H groups in total. The summed E-state index contributed by atoms with van der Waals surface area (Å²) in [5, 5.41) is 0.729. The second-order valence-corrected chi connectivity index (χ2v) is 2.27. The van der Waals surface area contributed by atoms with Gasteiger partial charge in [0.15, 0.2) is 0 Å². The molecule has 1 aliphatic heterocycles. The van der Waals surface area contributed by atoms with Crippen LogP contribution in [0.1, 0.15) is 0 Å². The molecule has 2 nitrogen and oxygen atoms in total. The Kier molecular flexibility index (Phi) is 1.12. The van der Waals surface area contributed by atoms with Gasteiger partial charge in [-0.05, 0) is 6.07 Å². The Labute approximate surface area is 61.7 Å². The fraction of sp³-hybridized carbons (Fsp3) is 0. The number of hydrogen-bond donors (Lipinski definition) is 0. The zero-order valence-corrected chi connectivity index (χ0v) is 5.54. The average Bonchev–Trinajstić information content (AvgIpc) is 2.31. The van der Waals surface area contributed by atoms with Crippen LogP contribution in [-0.4, -0.2) is 5.91 Å². The molecule has 2 rings (SSSR count). The molecule has 0 saturated carbocycles. The first-order valence-electron chi connectivity index (χ1n) is 3.16. The van der Waals surface area contributed by atoms with Crippen LogP contribution in [0.25, 0.3) is 6.08 Å². The Hall–Kier alpha value is -1.51. The van der Waals surface area contributed by atoms with Gasteiger partial charge in [0.1, 0.15) is 11.2 Å². The van der Waals surface area contributed by atoms with Crippen LogP contribution in [0.15, 0.2) is 23.2 Å². The number of carbonyl (C=O) groups excluding carboxylic acids is 1. The van der Waals surface area contributed by atoms with Gasteiger partial charge >= 0.3 is 0 Å². The van der Waals surface area contributed by atoms with E-state index in [1.54, 1.807) is 12.1 Å². The van der Waals surface area contributed by atoms with Crippen molar-refractivity contribution in [2.75, 3.05) is 0 Å². The molecule has 0 atom stereocenters. The van der Waals surface area contributed by atoms with Gasteiger partial charge in [0, 0.05) is 11.3 Å². The maximum absolute atomic E-state index is 12.8. The van der Waals surface area contributed by atoms with Crippen LogP contribution < -0.4 is 10.6 Å². The number of para-hydroxylation sites is 1. The smallest absolute Gasteiger partial charge is 0.267 e. The Morgan fingerprint density at radius 3 is 2.91 bits per heavy atom. The zero-order chi connectivity index (χ0) is 7.84. The van der Waals surface area contributed by atoms with E-state index in [1.807, 2.05) is 0 Å². The number of halogens is 1. The van der Waals surface area contributed by atoms with Gasteiger partial charge in [0.25, 0.3) is 5.91 Å². The Bertz CT molecular complexity index is 436. The summed E-state index contributed by atoms with van der Waals surface area (Å²) in [6.07, 6.45) is 1.32. The molecule has 0 aliphatic carbocycles. The van der Waals surface area contributed by atoms with Crippen molar-refractivity contribution in [1.29, 1.82) is 0 Å². The Balaban J connectivity index is 2.97. The maximum atomic E-state index is 12.8. The van der Waals surface area contributed by atoms with Gasteiger partial charge in [0.05, 0.1) is 0 Å². The third-order valence-electron chi connectivity index (χ3n) is 1.52. The van der Waals surface area contributed by atoms with Crippen molar-refractivity contribution in [2.24, 2.45) is 4.99 Å². The normalized spacial score (nSPS) is 13.7. The summed E-state index contributed by atoms with van der Waals surface area (Å²) < 4.78 is 12.8. The molecule has 0 spiro atoms. The second kappa shape index (κ2) is 1.99. The lowest BCUT2D eigenvalue weighted by Gasteiger charge is -1.83. The van der Waals surface area contributed by atoms with E-state index in [0.29, 0.717) is 5.22 Å². The summed E-state index contributed by atoms with van der Waals surface area (Å²) in [5.41, 5.74) is 0. The summed E-state index contributed by atoms with van der Waals surface area (Å²) in [6, 6.07) is 4.50. The predicted octanol–water partition coefficient (Wildman–Crippen LogP) is -0.234. The minimum atomic E-state index is -0.440. The molecule has 11 heavy (non-hydrogen) atoms. The van der Waals surface area contributed by atoms with Gasteiger partial charge in [-0.25, -0.2) is 9.38 Å². The number of amides is 1. The topological polar surface area (TPSA) is 29.4 Å². The van der Waals surface area contributed by atoms with Crippen LogP contribution in [0.5, 0.6) is 0 Å². The molecule has 1 amide bonds. The zero-order valence-electron chi connectivity index (χ0n) is 5.54. The lowest BCUT2D eigenvalue weighted by molar-refractivity contribution is -0.112. The van der Waals surface area contributed by atoms with Crippen molar-refractivity contribution in [2.45, 2.75) is 0 Å². The highest BCUT2D eigenvalue weighted by molar-refractivity contribution is 6.06. The number of hydrogen-bond acceptors (Lipinski definition) is 1. The lowest BCUT2D eigenvalue weighted by atomic mass is 10.3. The van der Waals surface area contributed by atoms with E-state index in [0.717, 1.165) is 0 Å². The van der Waals surface area contributed by atoms with E-state index >= 15 is 0 Å². The molecule has 3 heteroatoms. The number of rotatable bonds is 0. The van der Waals surface area contributed by atoms with Crippen molar-refractivity contribution >= 4 is 12.0 Å². The summed E-state index contributed by atoms with van der Waals surface area (Å²) >= 11 is 0.